The fraction of sp³-hybridized carbons (Fsp3) is 1.00. The molecule has 0 aromatic carbocycles. The molecule has 14 heavy (non-hydrogen) atoms. The Bertz CT molecular complexity index is 117. The van der Waals surface area contributed by atoms with Crippen LogP contribution in [0.25, 0.3) is 0 Å². The Morgan fingerprint density at radius 2 is 1.50 bits per heavy atom. The van der Waals surface area contributed by atoms with Gasteiger partial charge in [-0.25, -0.2) is 0 Å². The number of methoxy groups -OCH3 is 1. The van der Waals surface area contributed by atoms with E-state index < -0.39 is 21.1 Å². The van der Waals surface area contributed by atoms with E-state index in [-0.39, 0.29) is 0 Å². The molecule has 5 nitrogen and oxygen atoms in total. The van der Waals surface area contributed by atoms with Crippen LogP contribution in [0.4, 0.5) is 0 Å². The lowest BCUT2D eigenvalue weighted by Crippen LogP contribution is -4.05. The number of rotatable bonds is 5. The largest absolute Gasteiger partial charge is 0.427 e. The molecular weight excluding hydrogens is 301 g/mol. The van der Waals surface area contributed by atoms with Gasteiger partial charge in [-0.15, -0.1) is 0 Å². The van der Waals surface area contributed by atoms with Crippen LogP contribution in [0.2, 0.25) is 0 Å². The zero-order valence-corrected chi connectivity index (χ0v) is 11.4. The molecule has 0 rings (SSSR count). The van der Waals surface area contributed by atoms with E-state index in [1.807, 2.05) is 0 Å². The quantitative estimate of drug-likeness (QED) is 0.374. The summed E-state index contributed by atoms with van der Waals surface area (Å²) < 4.78 is 31.9. The lowest BCUT2D eigenvalue weighted by atomic mass is 10.4. The summed E-state index contributed by atoms with van der Waals surface area (Å²) in [5, 5.41) is 0. The molecule has 0 fully saturated rings. The fourth-order valence-electron chi connectivity index (χ4n) is 0.852. The molecular formula is C8H20INO4. The second-order valence-electron chi connectivity index (χ2n) is 3.16. The van der Waals surface area contributed by atoms with E-state index in [2.05, 4.69) is 20.9 Å². The smallest absolute Gasteiger partial charge is 0.282 e. The van der Waals surface area contributed by atoms with E-state index in [4.69, 9.17) is 15.0 Å². The number of hydrogen-bond donors (Lipinski definition) is 0. The maximum absolute atomic E-state index is 8.57. The van der Waals surface area contributed by atoms with Gasteiger partial charge in [0.05, 0.1) is 26.7 Å². The first-order valence-electron chi connectivity index (χ1n) is 4.47. The van der Waals surface area contributed by atoms with Crippen LogP contribution < -0.4 is 31.4 Å². The molecule has 0 amide bonds. The Hall–Kier alpha value is 0.530. The molecule has 0 bridgehead atoms. The predicted molar refractivity (Wildman–Crippen MR) is 44.0 cm³/mol. The lowest BCUT2D eigenvalue weighted by molar-refractivity contribution is -1.73. The summed E-state index contributed by atoms with van der Waals surface area (Å²) in [5.41, 5.74) is 0. The molecule has 0 aliphatic heterocycles. The zero-order chi connectivity index (χ0) is 11.6. The van der Waals surface area contributed by atoms with E-state index in [1.54, 1.807) is 7.11 Å². The molecule has 0 aliphatic rings. The molecule has 0 atom stereocenters. The Labute approximate surface area is 94.9 Å². The molecule has 0 saturated carbocycles. The van der Waals surface area contributed by atoms with Gasteiger partial charge in [0, 0.05) is 7.11 Å². The van der Waals surface area contributed by atoms with Gasteiger partial charge in [-0.05, 0) is 13.8 Å². The summed E-state index contributed by atoms with van der Waals surface area (Å²) in [6, 6.07) is 0. The van der Waals surface area contributed by atoms with Gasteiger partial charge >= 0.3 is 0 Å². The van der Waals surface area contributed by atoms with Crippen LogP contribution in [0, 0.1) is 0 Å². The number of quaternary nitrogens is 1. The first-order chi connectivity index (χ1) is 6.41. The molecule has 0 spiro atoms. The van der Waals surface area contributed by atoms with E-state index in [0.29, 0.717) is 0 Å². The Morgan fingerprint density at radius 1 is 1.14 bits per heavy atom. The SMILES string of the molecule is CC[N+](C)(CC)CCOC.[O-][I+2]([O-])[O-]. The first kappa shape index (κ1) is 16.9. The third-order valence-corrected chi connectivity index (χ3v) is 2.36. The average molecular weight is 321 g/mol. The van der Waals surface area contributed by atoms with Gasteiger partial charge in [0.25, 0.3) is 21.1 Å². The standard InChI is InChI=1S/C8H20NO.IO3/c1-5-9(3,6-2)7-8-10-4;2-1(3)4/h5-8H2,1-4H3;/q+1;-1. The fourth-order valence-corrected chi connectivity index (χ4v) is 0.852. The number of ether oxygens (including phenoxy) is 1. The maximum Gasteiger partial charge on any atom is 0.282 e. The zero-order valence-electron chi connectivity index (χ0n) is 9.29. The molecule has 0 saturated heterocycles. The molecule has 0 aliphatic carbocycles. The van der Waals surface area contributed by atoms with Crippen molar-refractivity contribution in [2.45, 2.75) is 13.8 Å². The minimum atomic E-state index is -4.01. The molecule has 0 aromatic heterocycles. The molecule has 6 heteroatoms. The molecule has 0 unspecified atom stereocenters. The first-order valence-corrected chi connectivity index (χ1v) is 7.11. The van der Waals surface area contributed by atoms with E-state index in [0.717, 1.165) is 17.6 Å². The van der Waals surface area contributed by atoms with Crippen LogP contribution in [0.15, 0.2) is 0 Å². The van der Waals surface area contributed by atoms with Crippen molar-refractivity contribution >= 4 is 0 Å². The summed E-state index contributed by atoms with van der Waals surface area (Å²) in [5.74, 6) is 0. The van der Waals surface area contributed by atoms with Crippen LogP contribution in [-0.2, 0) is 4.74 Å². The van der Waals surface area contributed by atoms with Gasteiger partial charge in [0.2, 0.25) is 0 Å². The van der Waals surface area contributed by atoms with E-state index in [1.165, 1.54) is 13.1 Å². The van der Waals surface area contributed by atoms with Crippen molar-refractivity contribution in [2.24, 2.45) is 0 Å². The number of hydrogen-bond acceptors (Lipinski definition) is 4. The number of halogens is 1. The second-order valence-corrected chi connectivity index (χ2v) is 4.24. The van der Waals surface area contributed by atoms with Crippen molar-refractivity contribution in [3.05, 3.63) is 0 Å². The lowest BCUT2D eigenvalue weighted by Gasteiger charge is -2.31. The maximum atomic E-state index is 8.57. The molecule has 0 radical (unpaired) electrons. The van der Waals surface area contributed by atoms with Crippen molar-refractivity contribution in [3.8, 4) is 0 Å². The van der Waals surface area contributed by atoms with Crippen molar-refractivity contribution in [1.29, 1.82) is 0 Å². The Balaban J connectivity index is 0. The highest BCUT2D eigenvalue weighted by Crippen LogP contribution is 1.99. The number of nitrogens with zero attached hydrogens (tertiary/aromatic N) is 1. The van der Waals surface area contributed by atoms with Crippen LogP contribution in [0.1, 0.15) is 13.8 Å². The van der Waals surface area contributed by atoms with Gasteiger partial charge in [0.15, 0.2) is 0 Å². The second kappa shape index (κ2) is 10.1. The average Bonchev–Trinajstić information content (AvgIpc) is 2.13. The van der Waals surface area contributed by atoms with Crippen molar-refractivity contribution in [3.63, 3.8) is 0 Å². The van der Waals surface area contributed by atoms with Gasteiger partial charge in [0.1, 0.15) is 6.54 Å². The molecule has 0 heterocycles. The highest BCUT2D eigenvalue weighted by molar-refractivity contribution is 4.32. The molecule has 0 aromatic rings. The van der Waals surface area contributed by atoms with Crippen LogP contribution in [0.3, 0.4) is 0 Å². The number of likely N-dealkylation sites (N-methyl/N-ethyl adjacent to an activating group) is 1. The van der Waals surface area contributed by atoms with Crippen LogP contribution >= 0.6 is 0 Å². The topological polar surface area (TPSA) is 78.4 Å². The highest BCUT2D eigenvalue weighted by atomic mass is 127. The minimum absolute atomic E-state index is 0.873. The summed E-state index contributed by atoms with van der Waals surface area (Å²) in [6.07, 6.45) is 0. The van der Waals surface area contributed by atoms with Crippen LogP contribution in [0.5, 0.6) is 0 Å². The summed E-state index contributed by atoms with van der Waals surface area (Å²) in [7, 11) is 4.02. The monoisotopic (exact) mass is 321 g/mol. The van der Waals surface area contributed by atoms with E-state index >= 15 is 0 Å². The van der Waals surface area contributed by atoms with E-state index in [9.17, 15) is 0 Å². The summed E-state index contributed by atoms with van der Waals surface area (Å²) in [6.45, 7) is 8.83. The highest BCUT2D eigenvalue weighted by Gasteiger charge is 2.14. The van der Waals surface area contributed by atoms with Gasteiger partial charge in [-0.3, -0.25) is 0 Å². The van der Waals surface area contributed by atoms with Gasteiger partial charge < -0.3 is 19.5 Å². The molecule has 0 N–H and O–H groups in total. The minimum Gasteiger partial charge on any atom is -0.427 e. The van der Waals surface area contributed by atoms with Crippen molar-refractivity contribution in [2.75, 3.05) is 40.4 Å². The van der Waals surface area contributed by atoms with Gasteiger partial charge in [-0.2, -0.15) is 0 Å². The summed E-state index contributed by atoms with van der Waals surface area (Å²) >= 11 is -4.01. The van der Waals surface area contributed by atoms with Crippen molar-refractivity contribution in [1.82, 2.24) is 0 Å². The summed E-state index contributed by atoms with van der Waals surface area (Å²) in [4.78, 5) is 0. The Kier molecular flexibility index (Phi) is 12.2. The van der Waals surface area contributed by atoms with Crippen LogP contribution in [-0.4, -0.2) is 44.9 Å². The van der Waals surface area contributed by atoms with Crippen molar-refractivity contribution < 1.29 is 40.6 Å². The normalized spacial score (nSPS) is 11.1. The third-order valence-electron chi connectivity index (χ3n) is 2.36. The predicted octanol–water partition coefficient (Wildman–Crippen LogP) is -5.44. The third kappa shape index (κ3) is 12.5. The van der Waals surface area contributed by atoms with Gasteiger partial charge in [-0.1, -0.05) is 0 Å². The Morgan fingerprint density at radius 3 is 1.71 bits per heavy atom. The molecule has 88 valence electrons.